The number of imidazole rings is 2. The van der Waals surface area contributed by atoms with Crippen molar-refractivity contribution in [3.63, 3.8) is 0 Å². The highest BCUT2D eigenvalue weighted by atomic mass is 16.5. The Kier molecular flexibility index (Phi) is 5.26. The third-order valence-corrected chi connectivity index (χ3v) is 6.06. The summed E-state index contributed by atoms with van der Waals surface area (Å²) in [5.74, 6) is 0.700. The van der Waals surface area contributed by atoms with Gasteiger partial charge in [0.05, 0.1) is 17.9 Å². The molecule has 3 aromatic heterocycles. The van der Waals surface area contributed by atoms with Crippen LogP contribution in [0.4, 0.5) is 0 Å². The number of rotatable bonds is 4. The largest absolute Gasteiger partial charge is 0.376 e. The van der Waals surface area contributed by atoms with E-state index >= 15 is 0 Å². The van der Waals surface area contributed by atoms with Gasteiger partial charge in [-0.1, -0.05) is 6.07 Å². The Labute approximate surface area is 176 Å². The van der Waals surface area contributed by atoms with Crippen LogP contribution in [-0.4, -0.2) is 80.6 Å². The van der Waals surface area contributed by atoms with Crippen molar-refractivity contribution in [2.24, 2.45) is 0 Å². The standard InChI is InChI=1S/C22H28N6O2/c1-25-8-5-9-27(12-11-25)22(29)20-19-7-2-3-10-28(19)21(24-20)18-15-26(16-23-18)14-17-6-4-13-30-17/h2-3,7,10,15-17H,4-6,8-9,11-14H2,1H3/t17-/m0/s1. The summed E-state index contributed by atoms with van der Waals surface area (Å²) in [5.41, 5.74) is 2.09. The molecule has 0 saturated carbocycles. The Balaban J connectivity index is 1.45. The average molecular weight is 409 g/mol. The van der Waals surface area contributed by atoms with Gasteiger partial charge in [-0.2, -0.15) is 0 Å². The van der Waals surface area contributed by atoms with Crippen LogP contribution in [0, 0.1) is 0 Å². The molecular weight excluding hydrogens is 380 g/mol. The van der Waals surface area contributed by atoms with Crippen molar-refractivity contribution < 1.29 is 9.53 Å². The van der Waals surface area contributed by atoms with E-state index in [2.05, 4.69) is 21.5 Å². The second kappa shape index (κ2) is 8.20. The number of hydrogen-bond donors (Lipinski definition) is 0. The zero-order valence-corrected chi connectivity index (χ0v) is 17.4. The molecule has 0 spiro atoms. The van der Waals surface area contributed by atoms with Crippen LogP contribution in [0.25, 0.3) is 17.0 Å². The smallest absolute Gasteiger partial charge is 0.274 e. The molecule has 0 N–H and O–H groups in total. The van der Waals surface area contributed by atoms with Gasteiger partial charge in [0.25, 0.3) is 5.91 Å². The van der Waals surface area contributed by atoms with Gasteiger partial charge < -0.3 is 19.1 Å². The maximum absolute atomic E-state index is 13.3. The van der Waals surface area contributed by atoms with Gasteiger partial charge in [0.15, 0.2) is 11.5 Å². The van der Waals surface area contributed by atoms with Gasteiger partial charge in [-0.3, -0.25) is 9.20 Å². The number of carbonyl (C=O) groups excluding carboxylic acids is 1. The van der Waals surface area contributed by atoms with Crippen LogP contribution in [0.15, 0.2) is 36.9 Å². The van der Waals surface area contributed by atoms with Crippen molar-refractivity contribution >= 4 is 11.4 Å². The fraction of sp³-hybridized carbons (Fsp3) is 0.500. The highest BCUT2D eigenvalue weighted by molar-refractivity contribution is 6.00. The third-order valence-electron chi connectivity index (χ3n) is 6.06. The number of hydrogen-bond acceptors (Lipinski definition) is 5. The van der Waals surface area contributed by atoms with Crippen molar-refractivity contribution in [3.8, 4) is 11.5 Å². The lowest BCUT2D eigenvalue weighted by molar-refractivity contribution is 0.0759. The molecule has 5 rings (SSSR count). The molecule has 8 heteroatoms. The summed E-state index contributed by atoms with van der Waals surface area (Å²) in [7, 11) is 2.10. The highest BCUT2D eigenvalue weighted by Gasteiger charge is 2.25. The number of amides is 1. The van der Waals surface area contributed by atoms with Gasteiger partial charge in [-0.25, -0.2) is 9.97 Å². The fourth-order valence-electron chi connectivity index (χ4n) is 4.37. The lowest BCUT2D eigenvalue weighted by atomic mass is 10.2. The first-order valence-corrected chi connectivity index (χ1v) is 10.8. The summed E-state index contributed by atoms with van der Waals surface area (Å²) in [6.07, 6.45) is 9.21. The molecule has 1 atom stereocenters. The van der Waals surface area contributed by atoms with E-state index < -0.39 is 0 Å². The molecule has 0 unspecified atom stereocenters. The van der Waals surface area contributed by atoms with Gasteiger partial charge in [0.1, 0.15) is 5.69 Å². The molecule has 2 aliphatic heterocycles. The first-order chi connectivity index (χ1) is 14.7. The Morgan fingerprint density at radius 1 is 1.20 bits per heavy atom. The van der Waals surface area contributed by atoms with E-state index in [4.69, 9.17) is 9.72 Å². The average Bonchev–Trinajstić information content (AvgIpc) is 3.47. The van der Waals surface area contributed by atoms with Crippen LogP contribution in [-0.2, 0) is 11.3 Å². The van der Waals surface area contributed by atoms with Crippen molar-refractivity contribution in [2.75, 3.05) is 39.8 Å². The SMILES string of the molecule is CN1CCCN(C(=O)c2nc(-c3cn(C[C@@H]4CCCO4)cn3)n3ccccc23)CC1. The fourth-order valence-corrected chi connectivity index (χ4v) is 4.37. The quantitative estimate of drug-likeness (QED) is 0.662. The predicted octanol–water partition coefficient (Wildman–Crippen LogP) is 2.15. The Morgan fingerprint density at radius 2 is 2.13 bits per heavy atom. The van der Waals surface area contributed by atoms with Crippen LogP contribution in [0.1, 0.15) is 29.8 Å². The first-order valence-electron chi connectivity index (χ1n) is 10.8. The molecule has 0 aromatic carbocycles. The normalized spacial score (nSPS) is 20.7. The summed E-state index contributed by atoms with van der Waals surface area (Å²) in [4.78, 5) is 26.9. The highest BCUT2D eigenvalue weighted by Crippen LogP contribution is 2.24. The summed E-state index contributed by atoms with van der Waals surface area (Å²) in [6.45, 7) is 5.03. The van der Waals surface area contributed by atoms with Crippen LogP contribution in [0.3, 0.4) is 0 Å². The summed E-state index contributed by atoms with van der Waals surface area (Å²) >= 11 is 0. The minimum Gasteiger partial charge on any atom is -0.376 e. The summed E-state index contributed by atoms with van der Waals surface area (Å²) in [5, 5.41) is 0. The molecule has 1 amide bonds. The Morgan fingerprint density at radius 3 is 3.00 bits per heavy atom. The molecular formula is C22H28N6O2. The lowest BCUT2D eigenvalue weighted by Gasteiger charge is -2.19. The van der Waals surface area contributed by atoms with Crippen LogP contribution in [0.5, 0.6) is 0 Å². The molecule has 158 valence electrons. The van der Waals surface area contributed by atoms with E-state index in [1.807, 2.05) is 46.2 Å². The lowest BCUT2D eigenvalue weighted by Crippen LogP contribution is -2.34. The Bertz CT molecular complexity index is 1040. The molecule has 5 heterocycles. The van der Waals surface area contributed by atoms with Crippen LogP contribution >= 0.6 is 0 Å². The number of carbonyl (C=O) groups is 1. The Hall–Kier alpha value is -2.71. The van der Waals surface area contributed by atoms with E-state index in [1.54, 1.807) is 0 Å². The molecule has 0 bridgehead atoms. The topological polar surface area (TPSA) is 67.9 Å². The third kappa shape index (κ3) is 3.73. The molecule has 30 heavy (non-hydrogen) atoms. The molecule has 2 aliphatic rings. The summed E-state index contributed by atoms with van der Waals surface area (Å²) in [6, 6.07) is 5.86. The number of likely N-dealkylation sites (N-methyl/N-ethyl adjacent to an activating group) is 1. The summed E-state index contributed by atoms with van der Waals surface area (Å²) < 4.78 is 9.76. The van der Waals surface area contributed by atoms with Crippen molar-refractivity contribution in [2.45, 2.75) is 31.9 Å². The number of pyridine rings is 1. The van der Waals surface area contributed by atoms with E-state index in [1.165, 1.54) is 0 Å². The van der Waals surface area contributed by atoms with Gasteiger partial charge >= 0.3 is 0 Å². The number of ether oxygens (including phenoxy) is 1. The van der Waals surface area contributed by atoms with E-state index in [0.29, 0.717) is 11.5 Å². The monoisotopic (exact) mass is 408 g/mol. The van der Waals surface area contributed by atoms with Gasteiger partial charge in [-0.05, 0) is 45.0 Å². The van der Waals surface area contributed by atoms with Crippen molar-refractivity contribution in [1.29, 1.82) is 0 Å². The molecule has 8 nitrogen and oxygen atoms in total. The molecule has 2 fully saturated rings. The molecule has 0 radical (unpaired) electrons. The number of fused-ring (bicyclic) bond motifs is 1. The second-order valence-electron chi connectivity index (χ2n) is 8.28. The zero-order chi connectivity index (χ0) is 20.5. The maximum atomic E-state index is 13.3. The second-order valence-corrected chi connectivity index (χ2v) is 8.28. The maximum Gasteiger partial charge on any atom is 0.274 e. The van der Waals surface area contributed by atoms with E-state index in [-0.39, 0.29) is 12.0 Å². The number of nitrogens with zero attached hydrogens (tertiary/aromatic N) is 6. The van der Waals surface area contributed by atoms with Crippen LogP contribution in [0.2, 0.25) is 0 Å². The van der Waals surface area contributed by atoms with Gasteiger partial charge in [-0.15, -0.1) is 0 Å². The predicted molar refractivity (Wildman–Crippen MR) is 113 cm³/mol. The van der Waals surface area contributed by atoms with Gasteiger partial charge in [0, 0.05) is 45.2 Å². The minimum absolute atomic E-state index is 0.000890. The van der Waals surface area contributed by atoms with Gasteiger partial charge in [0.2, 0.25) is 0 Å². The first kappa shape index (κ1) is 19.3. The van der Waals surface area contributed by atoms with Crippen molar-refractivity contribution in [3.05, 3.63) is 42.6 Å². The molecule has 2 saturated heterocycles. The minimum atomic E-state index is -0.000890. The van der Waals surface area contributed by atoms with Crippen LogP contribution < -0.4 is 0 Å². The van der Waals surface area contributed by atoms with Crippen molar-refractivity contribution in [1.82, 2.24) is 28.7 Å². The van der Waals surface area contributed by atoms with E-state index in [0.717, 1.165) is 69.8 Å². The zero-order valence-electron chi connectivity index (χ0n) is 17.4. The molecule has 0 aliphatic carbocycles. The number of aromatic nitrogens is 4. The molecule has 3 aromatic rings. The van der Waals surface area contributed by atoms with E-state index in [9.17, 15) is 4.79 Å².